The van der Waals surface area contributed by atoms with Crippen LogP contribution in [0.1, 0.15) is 44.7 Å². The second-order valence-corrected chi connectivity index (χ2v) is 10.7. The highest BCUT2D eigenvalue weighted by Crippen LogP contribution is 2.40. The SMILES string of the molecule is CC(C)(C)OC(=O)N1CC[C@H]2CN(c3cccc4c3CCN4C(=O)OCc3ccccc3)CC[C@H]21. The molecule has 2 fully saturated rings. The fraction of sp³-hybridized carbons (Fsp3) is 0.500. The summed E-state index contributed by atoms with van der Waals surface area (Å²) in [6, 6.07) is 16.2. The average molecular weight is 478 g/mol. The summed E-state index contributed by atoms with van der Waals surface area (Å²) >= 11 is 0. The third kappa shape index (κ3) is 4.95. The van der Waals surface area contributed by atoms with Gasteiger partial charge in [-0.05, 0) is 63.6 Å². The first kappa shape index (κ1) is 23.5. The number of hydrogen-bond acceptors (Lipinski definition) is 5. The molecule has 2 saturated heterocycles. The summed E-state index contributed by atoms with van der Waals surface area (Å²) in [7, 11) is 0. The molecule has 5 rings (SSSR count). The molecule has 7 nitrogen and oxygen atoms in total. The minimum Gasteiger partial charge on any atom is -0.444 e. The molecular formula is C28H35N3O4. The molecule has 2 aromatic carbocycles. The van der Waals surface area contributed by atoms with Crippen molar-refractivity contribution in [2.24, 2.45) is 5.92 Å². The Balaban J connectivity index is 1.25. The first-order chi connectivity index (χ1) is 16.8. The summed E-state index contributed by atoms with van der Waals surface area (Å²) in [6.45, 7) is 9.20. The van der Waals surface area contributed by atoms with Gasteiger partial charge in [0.2, 0.25) is 0 Å². The van der Waals surface area contributed by atoms with E-state index in [1.54, 1.807) is 4.90 Å². The molecule has 2 aromatic rings. The maximum absolute atomic E-state index is 12.9. The van der Waals surface area contributed by atoms with Crippen LogP contribution in [-0.2, 0) is 22.5 Å². The molecule has 3 aliphatic rings. The second-order valence-electron chi connectivity index (χ2n) is 10.7. The van der Waals surface area contributed by atoms with Crippen molar-refractivity contribution in [3.8, 4) is 0 Å². The molecule has 3 heterocycles. The first-order valence-electron chi connectivity index (χ1n) is 12.6. The number of carbonyl (C=O) groups excluding carboxylic acids is 2. The van der Waals surface area contributed by atoms with Crippen LogP contribution < -0.4 is 9.80 Å². The van der Waals surface area contributed by atoms with E-state index < -0.39 is 5.60 Å². The van der Waals surface area contributed by atoms with Gasteiger partial charge in [0.05, 0.1) is 5.69 Å². The minimum absolute atomic E-state index is 0.191. The predicted molar refractivity (Wildman–Crippen MR) is 136 cm³/mol. The van der Waals surface area contributed by atoms with E-state index in [1.807, 2.05) is 68.1 Å². The Labute approximate surface area is 207 Å². The van der Waals surface area contributed by atoms with E-state index in [0.29, 0.717) is 12.5 Å². The third-order valence-electron chi connectivity index (χ3n) is 7.23. The van der Waals surface area contributed by atoms with Gasteiger partial charge in [-0.15, -0.1) is 0 Å². The lowest BCUT2D eigenvalue weighted by molar-refractivity contribution is 0.0194. The molecule has 7 heteroatoms. The number of nitrogens with zero attached hydrogens (tertiary/aromatic N) is 3. The quantitative estimate of drug-likeness (QED) is 0.606. The lowest BCUT2D eigenvalue weighted by Gasteiger charge is -2.40. The highest BCUT2D eigenvalue weighted by atomic mass is 16.6. The van der Waals surface area contributed by atoms with Gasteiger partial charge < -0.3 is 19.3 Å². The zero-order chi connectivity index (χ0) is 24.6. The molecule has 0 spiro atoms. The van der Waals surface area contributed by atoms with Gasteiger partial charge in [0.15, 0.2) is 0 Å². The topological polar surface area (TPSA) is 62.3 Å². The zero-order valence-electron chi connectivity index (χ0n) is 20.9. The lowest BCUT2D eigenvalue weighted by Crippen LogP contribution is -2.48. The van der Waals surface area contributed by atoms with Crippen molar-refractivity contribution in [3.05, 3.63) is 59.7 Å². The highest BCUT2D eigenvalue weighted by molar-refractivity contribution is 5.92. The van der Waals surface area contributed by atoms with E-state index in [-0.39, 0.29) is 24.8 Å². The fourth-order valence-corrected chi connectivity index (χ4v) is 5.65. The summed E-state index contributed by atoms with van der Waals surface area (Å²) in [5.41, 5.74) is 3.87. The van der Waals surface area contributed by atoms with Crippen molar-refractivity contribution in [1.29, 1.82) is 0 Å². The molecule has 0 radical (unpaired) electrons. The van der Waals surface area contributed by atoms with Gasteiger partial charge in [0.1, 0.15) is 12.2 Å². The fourth-order valence-electron chi connectivity index (χ4n) is 5.65. The molecule has 35 heavy (non-hydrogen) atoms. The first-order valence-corrected chi connectivity index (χ1v) is 12.6. The Morgan fingerprint density at radius 1 is 0.914 bits per heavy atom. The van der Waals surface area contributed by atoms with Gasteiger partial charge in [-0.1, -0.05) is 36.4 Å². The monoisotopic (exact) mass is 477 g/mol. The number of rotatable bonds is 3. The Morgan fingerprint density at radius 2 is 1.69 bits per heavy atom. The van der Waals surface area contributed by atoms with E-state index in [1.165, 1.54) is 11.3 Å². The van der Waals surface area contributed by atoms with Crippen LogP contribution in [0, 0.1) is 5.92 Å². The van der Waals surface area contributed by atoms with Crippen molar-refractivity contribution in [2.45, 2.75) is 58.3 Å². The van der Waals surface area contributed by atoms with Gasteiger partial charge in [0.25, 0.3) is 0 Å². The van der Waals surface area contributed by atoms with Crippen molar-refractivity contribution in [2.75, 3.05) is 36.0 Å². The predicted octanol–water partition coefficient (Wildman–Crippen LogP) is 5.22. The molecule has 0 bridgehead atoms. The van der Waals surface area contributed by atoms with Crippen LogP contribution in [0.2, 0.25) is 0 Å². The van der Waals surface area contributed by atoms with E-state index in [9.17, 15) is 9.59 Å². The molecule has 0 aliphatic carbocycles. The minimum atomic E-state index is -0.478. The molecular weight excluding hydrogens is 442 g/mol. The summed E-state index contributed by atoms with van der Waals surface area (Å²) in [5, 5.41) is 0. The van der Waals surface area contributed by atoms with Crippen molar-refractivity contribution >= 4 is 23.6 Å². The maximum atomic E-state index is 12.9. The molecule has 0 unspecified atom stereocenters. The number of benzene rings is 2. The average Bonchev–Trinajstić information content (AvgIpc) is 3.46. The highest BCUT2D eigenvalue weighted by Gasteiger charge is 2.42. The number of hydrogen-bond donors (Lipinski definition) is 0. The van der Waals surface area contributed by atoms with E-state index in [2.05, 4.69) is 11.0 Å². The Kier molecular flexibility index (Phi) is 6.34. The second kappa shape index (κ2) is 9.44. The largest absolute Gasteiger partial charge is 0.444 e. The van der Waals surface area contributed by atoms with Crippen LogP contribution in [0.5, 0.6) is 0 Å². The van der Waals surface area contributed by atoms with E-state index in [4.69, 9.17) is 9.47 Å². The van der Waals surface area contributed by atoms with E-state index in [0.717, 1.165) is 50.1 Å². The Bertz CT molecular complexity index is 1080. The van der Waals surface area contributed by atoms with Crippen LogP contribution >= 0.6 is 0 Å². The van der Waals surface area contributed by atoms with Crippen LogP contribution in [-0.4, -0.2) is 54.9 Å². The van der Waals surface area contributed by atoms with Gasteiger partial charge in [-0.2, -0.15) is 0 Å². The van der Waals surface area contributed by atoms with Gasteiger partial charge in [0, 0.05) is 43.5 Å². The number of anilines is 2. The summed E-state index contributed by atoms with van der Waals surface area (Å²) in [6.07, 6.45) is 2.25. The van der Waals surface area contributed by atoms with Crippen molar-refractivity contribution in [3.63, 3.8) is 0 Å². The number of amides is 2. The zero-order valence-corrected chi connectivity index (χ0v) is 20.9. The number of piperidine rings is 1. The normalized spacial score (nSPS) is 21.5. The molecule has 0 saturated carbocycles. The smallest absolute Gasteiger partial charge is 0.414 e. The molecule has 2 atom stereocenters. The molecule has 0 N–H and O–H groups in total. The number of likely N-dealkylation sites (tertiary alicyclic amines) is 1. The van der Waals surface area contributed by atoms with E-state index >= 15 is 0 Å². The summed E-state index contributed by atoms with van der Waals surface area (Å²) in [5.74, 6) is 0.431. The third-order valence-corrected chi connectivity index (χ3v) is 7.23. The van der Waals surface area contributed by atoms with Crippen LogP contribution in [0.25, 0.3) is 0 Å². The van der Waals surface area contributed by atoms with Crippen molar-refractivity contribution in [1.82, 2.24) is 4.90 Å². The van der Waals surface area contributed by atoms with Gasteiger partial charge >= 0.3 is 12.2 Å². The van der Waals surface area contributed by atoms with Crippen LogP contribution in [0.15, 0.2) is 48.5 Å². The van der Waals surface area contributed by atoms with Gasteiger partial charge in [-0.3, -0.25) is 4.90 Å². The molecule has 0 aromatic heterocycles. The maximum Gasteiger partial charge on any atom is 0.414 e. The molecule has 3 aliphatic heterocycles. The van der Waals surface area contributed by atoms with Crippen LogP contribution in [0.3, 0.4) is 0 Å². The van der Waals surface area contributed by atoms with Gasteiger partial charge in [-0.25, -0.2) is 9.59 Å². The number of carbonyl (C=O) groups is 2. The summed E-state index contributed by atoms with van der Waals surface area (Å²) in [4.78, 5) is 31.7. The van der Waals surface area contributed by atoms with Crippen molar-refractivity contribution < 1.29 is 19.1 Å². The standard InChI is InChI=1S/C28H35N3O4/c1-28(2,3)35-27(33)30-16-12-21-18-29(15-14-23(21)30)24-10-7-11-25-22(24)13-17-31(25)26(32)34-19-20-8-5-4-6-9-20/h4-11,21,23H,12-19H2,1-3H3/t21-,23+/m0/s1. The molecule has 186 valence electrons. The van der Waals surface area contributed by atoms with Crippen LogP contribution in [0.4, 0.5) is 21.0 Å². The Morgan fingerprint density at radius 3 is 2.46 bits per heavy atom. The lowest BCUT2D eigenvalue weighted by atomic mass is 9.92. The Hall–Kier alpha value is -3.22. The summed E-state index contributed by atoms with van der Waals surface area (Å²) < 4.78 is 11.3. The molecule has 2 amide bonds. The number of ether oxygens (including phenoxy) is 2. The number of fused-ring (bicyclic) bond motifs is 2.